The molecule has 1 aromatic rings. The minimum absolute atomic E-state index is 0.0931. The molecule has 222 valence electrons. The summed E-state index contributed by atoms with van der Waals surface area (Å²) in [5.41, 5.74) is 0.863. The van der Waals surface area contributed by atoms with Gasteiger partial charge in [0.25, 0.3) is 0 Å². The predicted molar refractivity (Wildman–Crippen MR) is 155 cm³/mol. The minimum atomic E-state index is -1.25. The van der Waals surface area contributed by atoms with Crippen molar-refractivity contribution in [1.82, 2.24) is 10.6 Å². The summed E-state index contributed by atoms with van der Waals surface area (Å²) in [6.45, 7) is 15.5. The average Bonchev–Trinajstić information content (AvgIpc) is 3.63. The first-order chi connectivity index (χ1) is 18.7. The molecule has 0 aromatic heterocycles. The number of aliphatic hydroxyl groups excluding tert-OH is 1. The van der Waals surface area contributed by atoms with Crippen LogP contribution in [0.25, 0.3) is 0 Å². The molecule has 1 fully saturated rings. The largest absolute Gasteiger partial charge is 0.383 e. The third kappa shape index (κ3) is 11.0. The highest BCUT2D eigenvalue weighted by Crippen LogP contribution is 2.30. The fraction of sp³-hybridized carbons (Fsp3) is 0.625. The number of ketones is 2. The molecule has 0 saturated carbocycles. The van der Waals surface area contributed by atoms with Gasteiger partial charge in [-0.3, -0.25) is 19.2 Å². The number of nitrogens with one attached hydrogen (secondary N) is 2. The number of amides is 2. The maximum absolute atomic E-state index is 13.7. The zero-order valence-corrected chi connectivity index (χ0v) is 25.0. The van der Waals surface area contributed by atoms with E-state index in [-0.39, 0.29) is 42.2 Å². The fourth-order valence-electron chi connectivity index (χ4n) is 4.68. The van der Waals surface area contributed by atoms with Crippen molar-refractivity contribution < 1.29 is 29.0 Å². The maximum Gasteiger partial charge on any atom is 0.249 e. The van der Waals surface area contributed by atoms with Crippen LogP contribution in [-0.2, 0) is 30.3 Å². The van der Waals surface area contributed by atoms with E-state index in [1.165, 1.54) is 0 Å². The van der Waals surface area contributed by atoms with Gasteiger partial charge in [0.2, 0.25) is 11.8 Å². The zero-order valence-electron chi connectivity index (χ0n) is 25.0. The third-order valence-corrected chi connectivity index (χ3v) is 7.14. The van der Waals surface area contributed by atoms with E-state index in [1.807, 2.05) is 65.0 Å². The van der Waals surface area contributed by atoms with Crippen LogP contribution in [0.4, 0.5) is 0 Å². The first kappa shape index (κ1) is 33.4. The number of benzene rings is 1. The Morgan fingerprint density at radius 3 is 2.05 bits per heavy atom. The summed E-state index contributed by atoms with van der Waals surface area (Å²) in [6, 6.07) is 7.85. The van der Waals surface area contributed by atoms with Crippen LogP contribution in [0, 0.1) is 17.8 Å². The van der Waals surface area contributed by atoms with Crippen molar-refractivity contribution in [3.8, 4) is 0 Å². The molecule has 1 aliphatic heterocycles. The second-order valence-electron chi connectivity index (χ2n) is 12.3. The van der Waals surface area contributed by atoms with Gasteiger partial charge < -0.3 is 20.5 Å². The first-order valence-electron chi connectivity index (χ1n) is 14.4. The Kier molecular flexibility index (Phi) is 12.7. The smallest absolute Gasteiger partial charge is 0.249 e. The standard InChI is InChI=1S/C32H48N2O6/c1-20(2)13-14-27(35)31(39)33-25(15-21(3)4)28(36)18-24(17-23-11-9-8-10-12-23)30(38)34-26(16-22(5)6)29(37)32(7)19-40-32/h8-12,21-22,24-27,35H,1,13-19H2,2-7H3,(H,33,39)(H,34,38)/t24-,25+,26+,27+,32-/m1/s1. The van der Waals surface area contributed by atoms with Gasteiger partial charge >= 0.3 is 0 Å². The lowest BCUT2D eigenvalue weighted by Gasteiger charge is -2.26. The summed E-state index contributed by atoms with van der Waals surface area (Å²) in [5, 5.41) is 16.0. The molecule has 8 nitrogen and oxygen atoms in total. The van der Waals surface area contributed by atoms with Crippen LogP contribution < -0.4 is 10.6 Å². The van der Waals surface area contributed by atoms with Crippen LogP contribution in [0.5, 0.6) is 0 Å². The number of rotatable bonds is 18. The second-order valence-corrected chi connectivity index (χ2v) is 12.3. The molecule has 1 heterocycles. The third-order valence-electron chi connectivity index (χ3n) is 7.14. The Balaban J connectivity index is 2.23. The highest BCUT2D eigenvalue weighted by molar-refractivity contribution is 5.98. The van der Waals surface area contributed by atoms with Crippen LogP contribution in [0.1, 0.15) is 79.2 Å². The molecular formula is C32H48N2O6. The molecule has 1 aliphatic rings. The summed E-state index contributed by atoms with van der Waals surface area (Å²) in [6.07, 6.45) is 0.491. The van der Waals surface area contributed by atoms with Crippen molar-refractivity contribution in [3.05, 3.63) is 48.0 Å². The molecule has 8 heteroatoms. The normalized spacial score (nSPS) is 19.4. The Bertz CT molecular complexity index is 1030. The Labute approximate surface area is 239 Å². The van der Waals surface area contributed by atoms with E-state index in [9.17, 15) is 24.3 Å². The lowest BCUT2D eigenvalue weighted by atomic mass is 9.87. The quantitative estimate of drug-likeness (QED) is 0.186. The number of epoxide rings is 1. The average molecular weight is 557 g/mol. The molecular weight excluding hydrogens is 508 g/mol. The minimum Gasteiger partial charge on any atom is -0.383 e. The molecule has 1 aromatic carbocycles. The van der Waals surface area contributed by atoms with Gasteiger partial charge in [0.05, 0.1) is 18.7 Å². The summed E-state index contributed by atoms with van der Waals surface area (Å²) in [7, 11) is 0. The van der Waals surface area contributed by atoms with Gasteiger partial charge in [-0.15, -0.1) is 6.58 Å². The fourth-order valence-corrected chi connectivity index (χ4v) is 4.68. The molecule has 0 radical (unpaired) electrons. The Morgan fingerprint density at radius 1 is 0.975 bits per heavy atom. The second kappa shape index (κ2) is 15.2. The van der Waals surface area contributed by atoms with E-state index >= 15 is 0 Å². The van der Waals surface area contributed by atoms with Gasteiger partial charge in [-0.05, 0) is 63.4 Å². The van der Waals surface area contributed by atoms with E-state index < -0.39 is 35.6 Å². The molecule has 0 bridgehead atoms. The summed E-state index contributed by atoms with van der Waals surface area (Å²) in [5.74, 6) is -1.92. The Hall–Kier alpha value is -2.84. The van der Waals surface area contributed by atoms with Gasteiger partial charge in [-0.1, -0.05) is 63.6 Å². The molecule has 0 spiro atoms. The molecule has 0 unspecified atom stereocenters. The summed E-state index contributed by atoms with van der Waals surface area (Å²) < 4.78 is 5.36. The molecule has 0 aliphatic carbocycles. The lowest BCUT2D eigenvalue weighted by Crippen LogP contribution is -2.50. The van der Waals surface area contributed by atoms with E-state index in [1.54, 1.807) is 6.92 Å². The van der Waals surface area contributed by atoms with Crippen LogP contribution in [0.2, 0.25) is 0 Å². The number of aliphatic hydroxyl groups is 1. The van der Waals surface area contributed by atoms with Crippen LogP contribution >= 0.6 is 0 Å². The monoisotopic (exact) mass is 556 g/mol. The van der Waals surface area contributed by atoms with E-state index in [0.717, 1.165) is 11.1 Å². The van der Waals surface area contributed by atoms with Gasteiger partial charge in [-0.25, -0.2) is 0 Å². The van der Waals surface area contributed by atoms with Gasteiger partial charge in [0, 0.05) is 12.3 Å². The first-order valence-corrected chi connectivity index (χ1v) is 14.4. The highest BCUT2D eigenvalue weighted by Gasteiger charge is 2.50. The topological polar surface area (TPSA) is 125 Å². The molecule has 2 rings (SSSR count). The number of carbonyl (C=O) groups excluding carboxylic acids is 4. The zero-order chi connectivity index (χ0) is 30.0. The number of ether oxygens (including phenoxy) is 1. The SMILES string of the molecule is C=C(C)CC[C@H](O)C(=O)N[C@@H](CC(C)C)C(=O)C[C@@H](Cc1ccccc1)C(=O)N[C@@H](CC(C)C)C(=O)[C@@]1(C)CO1. The van der Waals surface area contributed by atoms with Crippen molar-refractivity contribution in [2.24, 2.45) is 17.8 Å². The molecule has 40 heavy (non-hydrogen) atoms. The number of hydrogen-bond acceptors (Lipinski definition) is 6. The number of carbonyl (C=O) groups is 4. The van der Waals surface area contributed by atoms with Gasteiger partial charge in [0.15, 0.2) is 11.6 Å². The molecule has 1 saturated heterocycles. The van der Waals surface area contributed by atoms with Gasteiger partial charge in [-0.2, -0.15) is 0 Å². The van der Waals surface area contributed by atoms with Crippen LogP contribution in [0.15, 0.2) is 42.5 Å². The van der Waals surface area contributed by atoms with Crippen molar-refractivity contribution >= 4 is 23.4 Å². The number of allylic oxidation sites excluding steroid dienone is 1. The maximum atomic E-state index is 13.7. The van der Waals surface area contributed by atoms with Crippen molar-refractivity contribution in [2.75, 3.05) is 6.61 Å². The van der Waals surface area contributed by atoms with E-state index in [0.29, 0.717) is 32.3 Å². The van der Waals surface area contributed by atoms with Crippen molar-refractivity contribution in [1.29, 1.82) is 0 Å². The highest BCUT2D eigenvalue weighted by atomic mass is 16.6. The van der Waals surface area contributed by atoms with E-state index in [4.69, 9.17) is 4.74 Å². The summed E-state index contributed by atoms with van der Waals surface area (Å²) in [4.78, 5) is 53.1. The molecule has 2 amide bonds. The van der Waals surface area contributed by atoms with Crippen LogP contribution in [0.3, 0.4) is 0 Å². The van der Waals surface area contributed by atoms with Crippen LogP contribution in [-0.4, -0.2) is 58.9 Å². The molecule has 3 N–H and O–H groups in total. The molecule has 5 atom stereocenters. The lowest BCUT2D eigenvalue weighted by molar-refractivity contribution is -0.136. The predicted octanol–water partition coefficient (Wildman–Crippen LogP) is 3.94. The van der Waals surface area contributed by atoms with E-state index in [2.05, 4.69) is 17.2 Å². The Morgan fingerprint density at radius 2 is 1.52 bits per heavy atom. The van der Waals surface area contributed by atoms with Crippen molar-refractivity contribution in [2.45, 2.75) is 104 Å². The number of Topliss-reactive ketones (excluding diaryl/α,β-unsaturated/α-hetero) is 2. The summed E-state index contributed by atoms with van der Waals surface area (Å²) >= 11 is 0. The number of hydrogen-bond donors (Lipinski definition) is 3. The van der Waals surface area contributed by atoms with Crippen molar-refractivity contribution in [3.63, 3.8) is 0 Å². The van der Waals surface area contributed by atoms with Gasteiger partial charge in [0.1, 0.15) is 11.7 Å².